The number of hydrogen-bond acceptors (Lipinski definition) is 3. The fraction of sp³-hybridized carbons (Fsp3) is 0.600. The van der Waals surface area contributed by atoms with E-state index < -0.39 is 0 Å². The van der Waals surface area contributed by atoms with Gasteiger partial charge in [-0.1, -0.05) is 13.8 Å². The number of rotatable bonds is 7. The first-order chi connectivity index (χ1) is 9.38. The summed E-state index contributed by atoms with van der Waals surface area (Å²) in [5.41, 5.74) is 0.613. The van der Waals surface area contributed by atoms with Crippen LogP contribution in [0.5, 0.6) is 0 Å². The van der Waals surface area contributed by atoms with Gasteiger partial charge in [-0.05, 0) is 19.2 Å². The minimum atomic E-state index is -0.0578. The molecule has 1 aromatic heterocycles. The quantitative estimate of drug-likeness (QED) is 0.766. The third-order valence-electron chi connectivity index (χ3n) is 3.31. The Morgan fingerprint density at radius 2 is 1.90 bits per heavy atom. The van der Waals surface area contributed by atoms with Gasteiger partial charge < -0.3 is 10.2 Å². The molecule has 0 aromatic carbocycles. The van der Waals surface area contributed by atoms with Gasteiger partial charge in [-0.2, -0.15) is 0 Å². The number of carbonyl (C=O) groups is 1. The lowest BCUT2D eigenvalue weighted by molar-refractivity contribution is 0.0948. The monoisotopic (exact) mass is 279 g/mol. The molecule has 0 aliphatic carbocycles. The van der Waals surface area contributed by atoms with Gasteiger partial charge in [0.05, 0.1) is 26.7 Å². The van der Waals surface area contributed by atoms with E-state index in [0.29, 0.717) is 16.6 Å². The van der Waals surface area contributed by atoms with E-state index in [-0.39, 0.29) is 5.91 Å². The minimum Gasteiger partial charge on any atom is -0.351 e. The van der Waals surface area contributed by atoms with Gasteiger partial charge in [0.15, 0.2) is 0 Å². The Bertz CT molecular complexity index is 418. The first-order valence-corrected chi connectivity index (χ1v) is 7.17. The highest BCUT2D eigenvalue weighted by Gasteiger charge is 2.14. The van der Waals surface area contributed by atoms with Crippen molar-refractivity contribution in [2.75, 3.05) is 47.3 Å². The van der Waals surface area contributed by atoms with E-state index in [9.17, 15) is 4.79 Å². The van der Waals surface area contributed by atoms with Gasteiger partial charge in [-0.25, -0.2) is 4.98 Å². The predicted molar refractivity (Wildman–Crippen MR) is 83.9 cm³/mol. The van der Waals surface area contributed by atoms with Gasteiger partial charge in [0.1, 0.15) is 0 Å². The van der Waals surface area contributed by atoms with Gasteiger partial charge in [0.2, 0.25) is 5.82 Å². The van der Waals surface area contributed by atoms with Crippen LogP contribution in [0.1, 0.15) is 24.2 Å². The number of amides is 1. The van der Waals surface area contributed by atoms with Crippen molar-refractivity contribution in [1.29, 1.82) is 0 Å². The van der Waals surface area contributed by atoms with Crippen molar-refractivity contribution < 1.29 is 4.79 Å². The molecule has 1 N–H and O–H groups in total. The highest BCUT2D eigenvalue weighted by molar-refractivity contribution is 5.94. The van der Waals surface area contributed by atoms with Crippen LogP contribution >= 0.6 is 0 Å². The largest absolute Gasteiger partial charge is 0.351 e. The molecule has 5 heteroatoms. The number of pyridine rings is 1. The van der Waals surface area contributed by atoms with Crippen LogP contribution < -0.4 is 9.80 Å². The molecule has 0 fully saturated rings. The van der Waals surface area contributed by atoms with E-state index in [4.69, 9.17) is 0 Å². The van der Waals surface area contributed by atoms with Crippen LogP contribution in [0.2, 0.25) is 0 Å². The number of nitrogens with one attached hydrogen (secondary N) is 1. The van der Waals surface area contributed by atoms with Gasteiger partial charge in [-0.15, -0.1) is 0 Å². The Kier molecular flexibility index (Phi) is 6.10. The van der Waals surface area contributed by atoms with Crippen molar-refractivity contribution in [3.63, 3.8) is 0 Å². The van der Waals surface area contributed by atoms with Gasteiger partial charge in [-0.3, -0.25) is 9.28 Å². The first-order valence-electron chi connectivity index (χ1n) is 7.17. The molecule has 1 amide bonds. The van der Waals surface area contributed by atoms with Crippen LogP contribution in [0.15, 0.2) is 18.3 Å². The van der Waals surface area contributed by atoms with Crippen LogP contribution in [0.3, 0.4) is 0 Å². The smallest absolute Gasteiger partial charge is 0.252 e. The van der Waals surface area contributed by atoms with Crippen molar-refractivity contribution in [2.24, 2.45) is 0 Å². The van der Waals surface area contributed by atoms with Crippen LogP contribution in [0.25, 0.3) is 0 Å². The molecule has 0 aliphatic heterocycles. The number of likely N-dealkylation sites (N-methyl/N-ethyl adjacent to an activating group) is 1. The normalized spacial score (nSPS) is 11.7. The minimum absolute atomic E-state index is 0.0578. The van der Waals surface area contributed by atoms with E-state index in [1.165, 1.54) is 0 Å². The third kappa shape index (κ3) is 4.90. The molecule has 0 spiro atoms. The number of carbonyl (C=O) groups excluding carboxylic acids is 1. The summed E-state index contributed by atoms with van der Waals surface area (Å²) in [5, 5.41) is 2.93. The summed E-state index contributed by atoms with van der Waals surface area (Å²) in [6.45, 7) is 7.80. The summed E-state index contributed by atoms with van der Waals surface area (Å²) in [7, 11) is 6.14. The summed E-state index contributed by atoms with van der Waals surface area (Å²) in [6, 6.07) is 3.73. The average Bonchev–Trinajstić information content (AvgIpc) is 2.42. The van der Waals surface area contributed by atoms with Crippen LogP contribution in [0.4, 0.5) is 5.82 Å². The molecule has 5 nitrogen and oxygen atoms in total. The molecule has 112 valence electrons. The molecule has 0 bridgehead atoms. The van der Waals surface area contributed by atoms with Crippen molar-refractivity contribution in [1.82, 2.24) is 19.7 Å². The topological polar surface area (TPSA) is 45.2 Å². The van der Waals surface area contributed by atoms with Crippen LogP contribution in [0, 0.1) is 0 Å². The zero-order valence-electron chi connectivity index (χ0n) is 13.3. The SMILES string of the molecule is CCN(CC)CCNC(=O)c1ccc([N+](C)(C)C)nc1. The predicted octanol–water partition coefficient (Wildman–Crippen LogP) is 1.35. The second kappa shape index (κ2) is 7.36. The number of nitrogens with zero attached hydrogens (tertiary/aromatic N) is 3. The summed E-state index contributed by atoms with van der Waals surface area (Å²) in [4.78, 5) is 18.6. The fourth-order valence-electron chi connectivity index (χ4n) is 1.89. The van der Waals surface area contributed by atoms with Crippen LogP contribution in [-0.2, 0) is 0 Å². The maximum atomic E-state index is 12.0. The lowest BCUT2D eigenvalue weighted by Gasteiger charge is -2.21. The molecule has 0 saturated heterocycles. The zero-order valence-corrected chi connectivity index (χ0v) is 13.3. The first kappa shape index (κ1) is 16.6. The summed E-state index contributed by atoms with van der Waals surface area (Å²) in [5.74, 6) is 0.877. The highest BCUT2D eigenvalue weighted by Crippen LogP contribution is 2.12. The van der Waals surface area contributed by atoms with Gasteiger partial charge >= 0.3 is 0 Å². The molecule has 0 unspecified atom stereocenters. The van der Waals surface area contributed by atoms with Gasteiger partial charge in [0, 0.05) is 25.4 Å². The molecule has 1 aromatic rings. The summed E-state index contributed by atoms with van der Waals surface area (Å²) < 4.78 is 0.643. The van der Waals surface area contributed by atoms with E-state index in [2.05, 4.69) is 29.0 Å². The molecular formula is C15H27N4O+. The Morgan fingerprint density at radius 3 is 2.35 bits per heavy atom. The average molecular weight is 279 g/mol. The highest BCUT2D eigenvalue weighted by atomic mass is 16.1. The molecule has 1 heterocycles. The lowest BCUT2D eigenvalue weighted by atomic mass is 10.2. The number of hydrogen-bond donors (Lipinski definition) is 1. The standard InChI is InChI=1S/C15H26N4O/c1-6-18(7-2)11-10-16-15(20)13-8-9-14(17-12-13)19(3,4)5/h8-9,12H,6-7,10-11H2,1-5H3/p+1. The molecule has 0 aliphatic rings. The molecule has 20 heavy (non-hydrogen) atoms. The third-order valence-corrected chi connectivity index (χ3v) is 3.31. The molecule has 0 atom stereocenters. The van der Waals surface area contributed by atoms with Gasteiger partial charge in [0.25, 0.3) is 5.91 Å². The van der Waals surface area contributed by atoms with E-state index in [1.807, 2.05) is 33.3 Å². The Hall–Kier alpha value is -1.46. The van der Waals surface area contributed by atoms with E-state index in [0.717, 1.165) is 25.5 Å². The lowest BCUT2D eigenvalue weighted by Crippen LogP contribution is -2.36. The second-order valence-corrected chi connectivity index (χ2v) is 5.70. The fourth-order valence-corrected chi connectivity index (χ4v) is 1.89. The molecular weight excluding hydrogens is 252 g/mol. The van der Waals surface area contributed by atoms with Crippen molar-refractivity contribution in [3.05, 3.63) is 23.9 Å². The van der Waals surface area contributed by atoms with Crippen molar-refractivity contribution in [2.45, 2.75) is 13.8 Å². The second-order valence-electron chi connectivity index (χ2n) is 5.70. The van der Waals surface area contributed by atoms with E-state index >= 15 is 0 Å². The molecule has 1 rings (SSSR count). The zero-order chi connectivity index (χ0) is 15.2. The summed E-state index contributed by atoms with van der Waals surface area (Å²) in [6.07, 6.45) is 1.64. The summed E-state index contributed by atoms with van der Waals surface area (Å²) >= 11 is 0. The number of quaternary nitrogens is 1. The maximum Gasteiger partial charge on any atom is 0.252 e. The van der Waals surface area contributed by atoms with E-state index in [1.54, 1.807) is 6.20 Å². The Balaban J connectivity index is 2.52. The Labute approximate surface area is 122 Å². The molecule has 0 saturated carbocycles. The Morgan fingerprint density at radius 1 is 1.25 bits per heavy atom. The molecule has 0 radical (unpaired) electrons. The van der Waals surface area contributed by atoms with Crippen molar-refractivity contribution >= 4 is 11.7 Å². The number of aromatic nitrogens is 1. The maximum absolute atomic E-state index is 12.0. The van der Waals surface area contributed by atoms with Crippen LogP contribution in [-0.4, -0.2) is 63.1 Å². The van der Waals surface area contributed by atoms with Crippen molar-refractivity contribution in [3.8, 4) is 0 Å².